The zero-order chi connectivity index (χ0) is 9.14. The van der Waals surface area contributed by atoms with Crippen LogP contribution in [0.1, 0.15) is 30.9 Å². The molecule has 0 saturated heterocycles. The summed E-state index contributed by atoms with van der Waals surface area (Å²) in [5.41, 5.74) is 3.98. The Balaban J connectivity index is 3.12. The van der Waals surface area contributed by atoms with E-state index in [0.717, 1.165) is 0 Å². The normalized spacial score (nSPS) is 10.4. The van der Waals surface area contributed by atoms with Gasteiger partial charge in [0.15, 0.2) is 0 Å². The Morgan fingerprint density at radius 1 is 1.25 bits per heavy atom. The van der Waals surface area contributed by atoms with Gasteiger partial charge >= 0.3 is 0 Å². The van der Waals surface area contributed by atoms with E-state index in [1.807, 2.05) is 7.05 Å². The van der Waals surface area contributed by atoms with Crippen LogP contribution in [0.15, 0.2) is 18.2 Å². The van der Waals surface area contributed by atoms with Gasteiger partial charge in [-0.3, -0.25) is 0 Å². The lowest BCUT2D eigenvalue weighted by Gasteiger charge is -2.12. The number of nitrogens with one attached hydrogen (secondary N) is 1. The Kier molecular flexibility index (Phi) is 2.74. The summed E-state index contributed by atoms with van der Waals surface area (Å²) in [6, 6.07) is 6.53. The number of rotatable bonds is 2. The van der Waals surface area contributed by atoms with Crippen molar-refractivity contribution in [3.05, 3.63) is 29.3 Å². The summed E-state index contributed by atoms with van der Waals surface area (Å²) >= 11 is 0. The van der Waals surface area contributed by atoms with Gasteiger partial charge in [0, 0.05) is 12.7 Å². The molecule has 0 unspecified atom stereocenters. The topological polar surface area (TPSA) is 12.0 Å². The number of anilines is 1. The Morgan fingerprint density at radius 2 is 1.92 bits per heavy atom. The molecule has 1 heteroatoms. The van der Waals surface area contributed by atoms with Gasteiger partial charge in [0.25, 0.3) is 0 Å². The minimum absolute atomic E-state index is 0.590. The summed E-state index contributed by atoms with van der Waals surface area (Å²) in [6.07, 6.45) is 0. The monoisotopic (exact) mass is 163 g/mol. The average Bonchev–Trinajstić information content (AvgIpc) is 2.04. The average molecular weight is 163 g/mol. The summed E-state index contributed by atoms with van der Waals surface area (Å²) < 4.78 is 0. The van der Waals surface area contributed by atoms with Crippen LogP contribution in [-0.2, 0) is 0 Å². The van der Waals surface area contributed by atoms with Gasteiger partial charge in [-0.2, -0.15) is 0 Å². The lowest BCUT2D eigenvalue weighted by molar-refractivity contribution is 0.866. The van der Waals surface area contributed by atoms with E-state index in [1.165, 1.54) is 16.8 Å². The molecule has 0 atom stereocenters. The van der Waals surface area contributed by atoms with Crippen molar-refractivity contribution in [3.8, 4) is 0 Å². The molecule has 0 aromatic heterocycles. The van der Waals surface area contributed by atoms with Gasteiger partial charge < -0.3 is 5.32 Å². The van der Waals surface area contributed by atoms with Crippen molar-refractivity contribution in [1.29, 1.82) is 0 Å². The standard InChI is InChI=1S/C11H17N/c1-8(2)10-7-9(3)5-6-11(10)12-4/h5-8,12H,1-4H3. The van der Waals surface area contributed by atoms with Crippen LogP contribution >= 0.6 is 0 Å². The third-order valence-corrected chi connectivity index (χ3v) is 2.10. The predicted octanol–water partition coefficient (Wildman–Crippen LogP) is 3.16. The maximum Gasteiger partial charge on any atom is 0.0372 e. The van der Waals surface area contributed by atoms with E-state index >= 15 is 0 Å². The SMILES string of the molecule is CNc1ccc(C)cc1C(C)C. The first-order chi connectivity index (χ1) is 5.65. The summed E-state index contributed by atoms with van der Waals surface area (Å²) in [5, 5.41) is 3.20. The second-order valence-electron chi connectivity index (χ2n) is 3.50. The third kappa shape index (κ3) is 1.79. The summed E-state index contributed by atoms with van der Waals surface area (Å²) in [5.74, 6) is 0.590. The molecule has 1 rings (SSSR count). The second kappa shape index (κ2) is 3.61. The molecule has 66 valence electrons. The predicted molar refractivity (Wildman–Crippen MR) is 54.8 cm³/mol. The lowest BCUT2D eigenvalue weighted by Crippen LogP contribution is -1.97. The van der Waals surface area contributed by atoms with Gasteiger partial charge in [-0.25, -0.2) is 0 Å². The number of aryl methyl sites for hydroxylation is 1. The van der Waals surface area contributed by atoms with Crippen molar-refractivity contribution >= 4 is 5.69 Å². The molecule has 0 aliphatic rings. The molecule has 0 saturated carbocycles. The van der Waals surface area contributed by atoms with E-state index in [1.54, 1.807) is 0 Å². The van der Waals surface area contributed by atoms with Crippen molar-refractivity contribution in [1.82, 2.24) is 0 Å². The second-order valence-corrected chi connectivity index (χ2v) is 3.50. The Labute approximate surface area is 74.8 Å². The molecular formula is C11H17N. The molecule has 0 radical (unpaired) electrons. The van der Waals surface area contributed by atoms with Crippen LogP contribution in [-0.4, -0.2) is 7.05 Å². The van der Waals surface area contributed by atoms with Crippen molar-refractivity contribution in [2.45, 2.75) is 26.7 Å². The molecule has 1 nitrogen and oxygen atoms in total. The highest BCUT2D eigenvalue weighted by Crippen LogP contribution is 2.24. The molecule has 0 bridgehead atoms. The minimum atomic E-state index is 0.590. The number of hydrogen-bond acceptors (Lipinski definition) is 1. The molecule has 0 heterocycles. The van der Waals surface area contributed by atoms with Crippen LogP contribution in [0, 0.1) is 6.92 Å². The highest BCUT2D eigenvalue weighted by Gasteiger charge is 2.04. The van der Waals surface area contributed by atoms with Crippen LogP contribution < -0.4 is 5.32 Å². The van der Waals surface area contributed by atoms with Crippen LogP contribution in [0.3, 0.4) is 0 Å². The number of benzene rings is 1. The zero-order valence-electron chi connectivity index (χ0n) is 8.31. The minimum Gasteiger partial charge on any atom is -0.388 e. The van der Waals surface area contributed by atoms with Gasteiger partial charge in [-0.15, -0.1) is 0 Å². The fourth-order valence-corrected chi connectivity index (χ4v) is 1.39. The Morgan fingerprint density at radius 3 is 2.42 bits per heavy atom. The van der Waals surface area contributed by atoms with Crippen molar-refractivity contribution in [2.75, 3.05) is 12.4 Å². The molecule has 1 aromatic rings. The van der Waals surface area contributed by atoms with E-state index in [2.05, 4.69) is 44.3 Å². The molecule has 0 aliphatic carbocycles. The smallest absolute Gasteiger partial charge is 0.0372 e. The van der Waals surface area contributed by atoms with Gasteiger partial charge in [0.05, 0.1) is 0 Å². The highest BCUT2D eigenvalue weighted by molar-refractivity contribution is 5.53. The van der Waals surface area contributed by atoms with E-state index in [4.69, 9.17) is 0 Å². The fourth-order valence-electron chi connectivity index (χ4n) is 1.39. The quantitative estimate of drug-likeness (QED) is 0.706. The first-order valence-electron chi connectivity index (χ1n) is 4.43. The summed E-state index contributed by atoms with van der Waals surface area (Å²) in [6.45, 7) is 6.57. The maximum absolute atomic E-state index is 3.20. The van der Waals surface area contributed by atoms with E-state index in [0.29, 0.717) is 5.92 Å². The molecule has 1 N–H and O–H groups in total. The largest absolute Gasteiger partial charge is 0.388 e. The van der Waals surface area contributed by atoms with Crippen LogP contribution in [0.25, 0.3) is 0 Å². The van der Waals surface area contributed by atoms with Crippen LogP contribution in [0.4, 0.5) is 5.69 Å². The first-order valence-corrected chi connectivity index (χ1v) is 4.43. The molecule has 0 fully saturated rings. The van der Waals surface area contributed by atoms with Crippen molar-refractivity contribution in [2.24, 2.45) is 0 Å². The molecule has 1 aromatic carbocycles. The lowest BCUT2D eigenvalue weighted by atomic mass is 9.99. The van der Waals surface area contributed by atoms with E-state index in [-0.39, 0.29) is 0 Å². The van der Waals surface area contributed by atoms with Crippen molar-refractivity contribution in [3.63, 3.8) is 0 Å². The Bertz CT molecular complexity index is 264. The fraction of sp³-hybridized carbons (Fsp3) is 0.455. The summed E-state index contributed by atoms with van der Waals surface area (Å²) in [7, 11) is 1.97. The first kappa shape index (κ1) is 9.11. The van der Waals surface area contributed by atoms with Crippen LogP contribution in [0.5, 0.6) is 0 Å². The van der Waals surface area contributed by atoms with E-state index in [9.17, 15) is 0 Å². The molecule has 0 amide bonds. The molecular weight excluding hydrogens is 146 g/mol. The Hall–Kier alpha value is -0.980. The van der Waals surface area contributed by atoms with Gasteiger partial charge in [0.1, 0.15) is 0 Å². The van der Waals surface area contributed by atoms with Crippen LogP contribution in [0.2, 0.25) is 0 Å². The maximum atomic E-state index is 3.20. The summed E-state index contributed by atoms with van der Waals surface area (Å²) in [4.78, 5) is 0. The third-order valence-electron chi connectivity index (χ3n) is 2.10. The van der Waals surface area contributed by atoms with Gasteiger partial charge in [0.2, 0.25) is 0 Å². The van der Waals surface area contributed by atoms with Crippen molar-refractivity contribution < 1.29 is 0 Å². The zero-order valence-corrected chi connectivity index (χ0v) is 8.31. The molecule has 0 aliphatic heterocycles. The highest BCUT2D eigenvalue weighted by atomic mass is 14.8. The molecule has 0 spiro atoms. The van der Waals surface area contributed by atoms with Gasteiger partial charge in [-0.05, 0) is 24.5 Å². The van der Waals surface area contributed by atoms with E-state index < -0.39 is 0 Å². The number of hydrogen-bond donors (Lipinski definition) is 1. The molecule has 12 heavy (non-hydrogen) atoms. The van der Waals surface area contributed by atoms with Gasteiger partial charge in [-0.1, -0.05) is 31.5 Å².